The van der Waals surface area contributed by atoms with Gasteiger partial charge in [-0.2, -0.15) is 0 Å². The zero-order chi connectivity index (χ0) is 10.8. The Labute approximate surface area is 104 Å². The normalized spacial score (nSPS) is 18.0. The molecule has 0 radical (unpaired) electrons. The molecule has 0 bridgehead atoms. The molecule has 1 N–H and O–H groups in total. The summed E-state index contributed by atoms with van der Waals surface area (Å²) in [5.41, 5.74) is 0. The average Bonchev–Trinajstić information content (AvgIpc) is 2.74. The quantitative estimate of drug-likeness (QED) is 0.825. The van der Waals surface area contributed by atoms with Crippen LogP contribution in [0.4, 0.5) is 0 Å². The van der Waals surface area contributed by atoms with Crippen molar-refractivity contribution < 1.29 is 0 Å². The molecule has 1 saturated heterocycles. The lowest BCUT2D eigenvalue weighted by Gasteiger charge is -2.25. The molecular weight excluding hydrogens is 236 g/mol. The Balaban J connectivity index is 1.83. The number of hydrogen-bond donors (Lipinski definition) is 1. The number of benzene rings is 1. The van der Waals surface area contributed by atoms with Crippen molar-refractivity contribution in [1.82, 2.24) is 9.62 Å². The molecule has 2 aromatic rings. The molecule has 1 fully saturated rings. The maximum Gasteiger partial charge on any atom is 0.0416 e. The molecule has 0 spiro atoms. The summed E-state index contributed by atoms with van der Waals surface area (Å²) >= 11 is 3.74. The maximum absolute atomic E-state index is 3.38. The summed E-state index contributed by atoms with van der Waals surface area (Å²) in [6, 6.07) is 8.65. The summed E-state index contributed by atoms with van der Waals surface area (Å²) in [4.78, 5) is 1.41. The number of thiophene rings is 1. The standard InChI is InChI=1S/C12H14N2S2/c1-2-4-11-10(3-1)12(9-15-11)16-14-7-5-13-6-8-14/h1-4,9,13H,5-8H2. The lowest BCUT2D eigenvalue weighted by molar-refractivity contribution is 0.396. The molecule has 2 nitrogen and oxygen atoms in total. The highest BCUT2D eigenvalue weighted by atomic mass is 32.2. The zero-order valence-corrected chi connectivity index (χ0v) is 10.6. The molecule has 0 saturated carbocycles. The van der Waals surface area contributed by atoms with E-state index in [2.05, 4.69) is 39.3 Å². The minimum Gasteiger partial charge on any atom is -0.314 e. The highest BCUT2D eigenvalue weighted by molar-refractivity contribution is 7.97. The molecule has 1 aliphatic rings. The highest BCUT2D eigenvalue weighted by Crippen LogP contribution is 2.34. The van der Waals surface area contributed by atoms with Crippen LogP contribution in [0.25, 0.3) is 10.1 Å². The topological polar surface area (TPSA) is 15.3 Å². The van der Waals surface area contributed by atoms with Crippen LogP contribution < -0.4 is 5.32 Å². The van der Waals surface area contributed by atoms with Gasteiger partial charge in [-0.3, -0.25) is 0 Å². The van der Waals surface area contributed by atoms with Crippen LogP contribution in [-0.4, -0.2) is 30.5 Å². The fourth-order valence-electron chi connectivity index (χ4n) is 1.90. The van der Waals surface area contributed by atoms with Crippen LogP contribution in [0, 0.1) is 0 Å². The maximum atomic E-state index is 3.38. The highest BCUT2D eigenvalue weighted by Gasteiger charge is 2.13. The van der Waals surface area contributed by atoms with E-state index in [4.69, 9.17) is 0 Å². The molecule has 2 heterocycles. The molecule has 3 rings (SSSR count). The predicted molar refractivity (Wildman–Crippen MR) is 72.1 cm³/mol. The van der Waals surface area contributed by atoms with Gasteiger partial charge in [0.1, 0.15) is 0 Å². The van der Waals surface area contributed by atoms with Crippen LogP contribution in [0.1, 0.15) is 0 Å². The van der Waals surface area contributed by atoms with Gasteiger partial charge in [0, 0.05) is 46.5 Å². The lowest BCUT2D eigenvalue weighted by atomic mass is 10.3. The van der Waals surface area contributed by atoms with Gasteiger partial charge in [0.2, 0.25) is 0 Å². The smallest absolute Gasteiger partial charge is 0.0416 e. The van der Waals surface area contributed by atoms with Gasteiger partial charge in [0.05, 0.1) is 0 Å². The van der Waals surface area contributed by atoms with E-state index in [0.717, 1.165) is 26.2 Å². The van der Waals surface area contributed by atoms with Crippen LogP contribution in [0.5, 0.6) is 0 Å². The molecule has 0 aliphatic carbocycles. The Hall–Kier alpha value is -0.550. The SMILES string of the molecule is c1ccc2c(SN3CCNCC3)csc2c1. The molecule has 1 aliphatic heterocycles. The van der Waals surface area contributed by atoms with E-state index in [-0.39, 0.29) is 0 Å². The van der Waals surface area contributed by atoms with E-state index in [1.54, 1.807) is 0 Å². The van der Waals surface area contributed by atoms with E-state index in [9.17, 15) is 0 Å². The third kappa shape index (κ3) is 2.11. The fourth-order valence-corrected chi connectivity index (χ4v) is 4.02. The third-order valence-electron chi connectivity index (χ3n) is 2.75. The van der Waals surface area contributed by atoms with Crippen molar-refractivity contribution in [2.24, 2.45) is 0 Å². The van der Waals surface area contributed by atoms with Gasteiger partial charge in [0.25, 0.3) is 0 Å². The molecule has 84 valence electrons. The van der Waals surface area contributed by atoms with Gasteiger partial charge >= 0.3 is 0 Å². The predicted octanol–water partition coefficient (Wildman–Crippen LogP) is 2.81. The minimum atomic E-state index is 1.11. The number of nitrogens with one attached hydrogen (secondary N) is 1. The van der Waals surface area contributed by atoms with Crippen LogP contribution >= 0.6 is 23.3 Å². The molecule has 0 atom stereocenters. The van der Waals surface area contributed by atoms with Gasteiger partial charge in [-0.15, -0.1) is 11.3 Å². The molecule has 0 unspecified atom stereocenters. The van der Waals surface area contributed by atoms with E-state index in [0.29, 0.717) is 0 Å². The second kappa shape index (κ2) is 4.75. The largest absolute Gasteiger partial charge is 0.314 e. The van der Waals surface area contributed by atoms with Gasteiger partial charge in [-0.25, -0.2) is 4.31 Å². The van der Waals surface area contributed by atoms with Crippen LogP contribution in [0.15, 0.2) is 34.5 Å². The van der Waals surface area contributed by atoms with Crippen molar-refractivity contribution in [2.75, 3.05) is 26.2 Å². The van der Waals surface area contributed by atoms with Crippen molar-refractivity contribution in [2.45, 2.75) is 4.90 Å². The monoisotopic (exact) mass is 250 g/mol. The summed E-state index contributed by atoms with van der Waals surface area (Å²) in [5.74, 6) is 0. The number of piperazine rings is 1. The van der Waals surface area contributed by atoms with E-state index in [1.807, 2.05) is 23.3 Å². The summed E-state index contributed by atoms with van der Waals surface area (Å²) in [6.45, 7) is 4.48. The number of nitrogens with zero attached hydrogens (tertiary/aromatic N) is 1. The Kier molecular flexibility index (Phi) is 3.15. The first kappa shape index (κ1) is 10.6. The van der Waals surface area contributed by atoms with Crippen molar-refractivity contribution in [3.05, 3.63) is 29.6 Å². The first-order valence-electron chi connectivity index (χ1n) is 5.53. The summed E-state index contributed by atoms with van der Waals surface area (Å²) in [7, 11) is 0. The van der Waals surface area contributed by atoms with Crippen LogP contribution in [0.2, 0.25) is 0 Å². The zero-order valence-electron chi connectivity index (χ0n) is 8.98. The molecule has 4 heteroatoms. The summed E-state index contributed by atoms with van der Waals surface area (Å²) in [6.07, 6.45) is 0. The van der Waals surface area contributed by atoms with E-state index < -0.39 is 0 Å². The number of fused-ring (bicyclic) bond motifs is 1. The van der Waals surface area contributed by atoms with Crippen molar-refractivity contribution in [1.29, 1.82) is 0 Å². The Morgan fingerprint density at radius 1 is 1.19 bits per heavy atom. The van der Waals surface area contributed by atoms with Gasteiger partial charge < -0.3 is 5.32 Å². The van der Waals surface area contributed by atoms with Crippen LogP contribution in [-0.2, 0) is 0 Å². The first-order chi connectivity index (χ1) is 7.93. The lowest BCUT2D eigenvalue weighted by Crippen LogP contribution is -2.39. The van der Waals surface area contributed by atoms with Crippen molar-refractivity contribution in [3.8, 4) is 0 Å². The Bertz CT molecular complexity index is 475. The molecule has 16 heavy (non-hydrogen) atoms. The second-order valence-electron chi connectivity index (χ2n) is 3.87. The van der Waals surface area contributed by atoms with Crippen LogP contribution in [0.3, 0.4) is 0 Å². The van der Waals surface area contributed by atoms with Crippen molar-refractivity contribution >= 4 is 33.4 Å². The molecule has 1 aromatic heterocycles. The average molecular weight is 250 g/mol. The van der Waals surface area contributed by atoms with Gasteiger partial charge in [0.15, 0.2) is 0 Å². The Morgan fingerprint density at radius 3 is 2.88 bits per heavy atom. The molecule has 1 aromatic carbocycles. The molecular formula is C12H14N2S2. The Morgan fingerprint density at radius 2 is 2.00 bits per heavy atom. The van der Waals surface area contributed by atoms with Gasteiger partial charge in [-0.1, -0.05) is 18.2 Å². The fraction of sp³-hybridized carbons (Fsp3) is 0.333. The first-order valence-corrected chi connectivity index (χ1v) is 7.19. The van der Waals surface area contributed by atoms with Crippen molar-refractivity contribution in [3.63, 3.8) is 0 Å². The molecule has 0 amide bonds. The number of rotatable bonds is 2. The number of hydrogen-bond acceptors (Lipinski definition) is 4. The summed E-state index contributed by atoms with van der Waals surface area (Å²) in [5, 5.41) is 7.05. The van der Waals surface area contributed by atoms with E-state index in [1.165, 1.54) is 15.0 Å². The van der Waals surface area contributed by atoms with E-state index >= 15 is 0 Å². The van der Waals surface area contributed by atoms with Gasteiger partial charge in [-0.05, 0) is 18.0 Å². The summed E-state index contributed by atoms with van der Waals surface area (Å²) < 4.78 is 3.84. The third-order valence-corrected chi connectivity index (χ3v) is 5.02. The minimum absolute atomic E-state index is 1.11. The second-order valence-corrected chi connectivity index (χ2v) is 5.92.